The van der Waals surface area contributed by atoms with Crippen molar-refractivity contribution in [2.45, 2.75) is 105 Å². The molecule has 0 atom stereocenters. The Hall–Kier alpha value is -9.14. The Morgan fingerprint density at radius 3 is 0.664 bits per heavy atom. The van der Waals surface area contributed by atoms with E-state index in [0.717, 1.165) is 70.6 Å². The van der Waals surface area contributed by atoms with Crippen molar-refractivity contribution < 1.29 is 34.3 Å². The van der Waals surface area contributed by atoms with Crippen LogP contribution in [0, 0.1) is 13.8 Å². The van der Waals surface area contributed by atoms with E-state index in [1.807, 2.05) is 0 Å². The molecule has 1 aromatic heterocycles. The molecule has 0 aliphatic rings. The summed E-state index contributed by atoms with van der Waals surface area (Å²) in [6.07, 6.45) is 15.3. The molecular weight excluding hydrogens is 1500 g/mol. The summed E-state index contributed by atoms with van der Waals surface area (Å²) in [6, 6.07) is 133. The number of rotatable bonds is 30. The van der Waals surface area contributed by atoms with Gasteiger partial charge in [-0.3, -0.25) is 0 Å². The van der Waals surface area contributed by atoms with E-state index in [0.29, 0.717) is 0 Å². The molecule has 0 aliphatic carbocycles. The molecule has 8 heteroatoms. The van der Waals surface area contributed by atoms with Crippen LogP contribution in [0.15, 0.2) is 368 Å². The maximum Gasteiger partial charge on any atom is 0.135 e. The van der Waals surface area contributed by atoms with Crippen molar-refractivity contribution in [3.05, 3.63) is 375 Å². The standard InChI is InChI=1S/2C36H28P2.C30H44O3.Pd/c2*1-5-17-29(18-6-1)37(30-19-7-2-8-20-30)35-27-15-13-25-33(35)34-26-14-16-28-36(34)38(31-21-9-3-10-22-31)32-23-11-4-12-24-32;1-5-7-9-11-13-15-17-31-27-21-25-26-22-28(32-18-16-14-12-10-8-6-2)24(4)20-30(26)33-29(25)19-23(27)3;/h2*1-28H;19-22H,5-18H2,1-4H3;/p+4. The molecule has 1 heterocycles. The molecule has 15 aromatic rings. The van der Waals surface area contributed by atoms with Gasteiger partial charge in [-0.15, -0.1) is 0 Å². The third kappa shape index (κ3) is 20.9. The van der Waals surface area contributed by atoms with Crippen LogP contribution in [0.1, 0.15) is 102 Å². The third-order valence-electron chi connectivity index (χ3n) is 20.4. The van der Waals surface area contributed by atoms with Gasteiger partial charge in [-0.2, -0.15) is 0 Å². The summed E-state index contributed by atoms with van der Waals surface area (Å²) in [5, 5.41) is 19.2. The molecule has 0 saturated carbocycles. The Balaban J connectivity index is 0.000000153. The molecule has 0 aliphatic heterocycles. The zero-order valence-electron chi connectivity index (χ0n) is 64.1. The zero-order chi connectivity index (χ0) is 74.6. The number of ether oxygens (including phenoxy) is 2. The van der Waals surface area contributed by atoms with E-state index in [2.05, 4.69) is 392 Å². The van der Waals surface area contributed by atoms with Crippen molar-refractivity contribution in [2.24, 2.45) is 0 Å². The topological polar surface area (TPSA) is 31.6 Å². The Kier molecular flexibility index (Phi) is 30.9. The van der Waals surface area contributed by atoms with Gasteiger partial charge in [0.1, 0.15) is 86.3 Å². The Labute approximate surface area is 673 Å². The summed E-state index contributed by atoms with van der Waals surface area (Å²) < 4.78 is 18.5. The monoisotopic (exact) mass is 1610 g/mol. The Bertz CT molecular complexity index is 4490. The van der Waals surface area contributed by atoms with Gasteiger partial charge < -0.3 is 13.9 Å². The molecule has 0 spiro atoms. The van der Waals surface area contributed by atoms with E-state index < -0.39 is 31.7 Å². The maximum atomic E-state index is 6.17. The molecular formula is C102H104O3P4Pd+4. The molecule has 0 N–H and O–H groups in total. The van der Waals surface area contributed by atoms with Crippen LogP contribution in [0.2, 0.25) is 0 Å². The minimum Gasteiger partial charge on any atom is -0.493 e. The number of unbranched alkanes of at least 4 members (excludes halogenated alkanes) is 10. The van der Waals surface area contributed by atoms with E-state index in [4.69, 9.17) is 13.9 Å². The molecule has 15 rings (SSSR count). The molecule has 0 radical (unpaired) electrons. The van der Waals surface area contributed by atoms with Crippen molar-refractivity contribution in [3.8, 4) is 33.8 Å². The van der Waals surface area contributed by atoms with Crippen LogP contribution in [0.4, 0.5) is 0 Å². The number of fused-ring (bicyclic) bond motifs is 3. The van der Waals surface area contributed by atoms with E-state index in [-0.39, 0.29) is 20.4 Å². The molecule has 0 saturated heterocycles. The second-order valence-corrected chi connectivity index (χ2v) is 37.9. The van der Waals surface area contributed by atoms with E-state index >= 15 is 0 Å². The molecule has 556 valence electrons. The summed E-state index contributed by atoms with van der Waals surface area (Å²) in [7, 11) is -4.85. The molecule has 0 bridgehead atoms. The first-order chi connectivity index (χ1) is 53.9. The van der Waals surface area contributed by atoms with Gasteiger partial charge in [0.05, 0.1) is 44.9 Å². The average molecular weight is 1610 g/mol. The first-order valence-electron chi connectivity index (χ1n) is 39.5. The fourth-order valence-electron chi connectivity index (χ4n) is 15.0. The predicted molar refractivity (Wildman–Crippen MR) is 485 cm³/mol. The minimum absolute atomic E-state index is 0. The molecule has 3 nitrogen and oxygen atoms in total. The normalized spacial score (nSPS) is 11.1. The number of hydrogen-bond donors (Lipinski definition) is 0. The number of aryl methyl sites for hydroxylation is 2. The van der Waals surface area contributed by atoms with Crippen LogP contribution in [0.3, 0.4) is 0 Å². The molecule has 110 heavy (non-hydrogen) atoms. The maximum absolute atomic E-state index is 6.17. The summed E-state index contributed by atoms with van der Waals surface area (Å²) >= 11 is 0. The Morgan fingerprint density at radius 1 is 0.236 bits per heavy atom. The van der Waals surface area contributed by atoms with Gasteiger partial charge in [-0.1, -0.05) is 296 Å². The molecule has 0 unspecified atom stereocenters. The third-order valence-corrected chi connectivity index (χ3v) is 31.6. The first kappa shape index (κ1) is 80.4. The van der Waals surface area contributed by atoms with Crippen LogP contribution in [0.25, 0.3) is 44.2 Å². The van der Waals surface area contributed by atoms with E-state index in [1.165, 1.54) is 150 Å². The second-order valence-electron chi connectivity index (χ2n) is 28.2. The second kappa shape index (κ2) is 42.3. The first-order valence-corrected chi connectivity index (χ1v) is 45.5. The van der Waals surface area contributed by atoms with Crippen LogP contribution in [-0.2, 0) is 20.4 Å². The van der Waals surface area contributed by atoms with Crippen LogP contribution in [-0.4, -0.2) is 13.2 Å². The van der Waals surface area contributed by atoms with E-state index in [1.54, 1.807) is 0 Å². The number of benzene rings is 14. The number of furan rings is 1. The van der Waals surface area contributed by atoms with Crippen molar-refractivity contribution >= 4 is 117 Å². The fourth-order valence-corrected chi connectivity index (χ4v) is 26.0. The van der Waals surface area contributed by atoms with Gasteiger partial charge >= 0.3 is 0 Å². The quantitative estimate of drug-likeness (QED) is 0.0255. The average Bonchev–Trinajstić information content (AvgIpc) is 1.24. The summed E-state index contributed by atoms with van der Waals surface area (Å²) in [5.41, 5.74) is 9.48. The van der Waals surface area contributed by atoms with Crippen molar-refractivity contribution in [3.63, 3.8) is 0 Å². The van der Waals surface area contributed by atoms with Crippen LogP contribution < -0.4 is 73.1 Å². The largest absolute Gasteiger partial charge is 0.493 e. The summed E-state index contributed by atoms with van der Waals surface area (Å²) in [6.45, 7) is 10.3. The predicted octanol–water partition coefficient (Wildman–Crippen LogP) is 22.3. The SMILES string of the molecule is CCCCCCCCOc1cc2c(cc1C)oc1cc(C)c(OCCCCCCCC)cc12.[Pd].c1ccc([PH+](c2ccccc2)c2ccccc2-c2ccccc2[PH+](c2ccccc2)c2ccccc2)cc1.c1ccc([PH+](c2ccccc2)c2ccccc2-c2ccccc2[PH+](c2ccccc2)c2ccccc2)cc1. The van der Waals surface area contributed by atoms with Crippen molar-refractivity contribution in [1.82, 2.24) is 0 Å². The zero-order valence-corrected chi connectivity index (χ0v) is 69.6. The van der Waals surface area contributed by atoms with Gasteiger partial charge in [0.25, 0.3) is 0 Å². The van der Waals surface area contributed by atoms with Crippen molar-refractivity contribution in [2.75, 3.05) is 13.2 Å². The van der Waals surface area contributed by atoms with Gasteiger partial charge in [0, 0.05) is 53.4 Å². The van der Waals surface area contributed by atoms with Gasteiger partial charge in [0.2, 0.25) is 0 Å². The summed E-state index contributed by atoms with van der Waals surface area (Å²) in [4.78, 5) is 0. The smallest absolute Gasteiger partial charge is 0.135 e. The van der Waals surface area contributed by atoms with Crippen molar-refractivity contribution in [1.29, 1.82) is 0 Å². The molecule has 14 aromatic carbocycles. The Morgan fingerprint density at radius 2 is 0.436 bits per heavy atom. The van der Waals surface area contributed by atoms with Crippen LogP contribution >= 0.6 is 31.7 Å². The van der Waals surface area contributed by atoms with Gasteiger partial charge in [-0.25, -0.2) is 0 Å². The molecule has 0 amide bonds. The number of hydrogen-bond acceptors (Lipinski definition) is 3. The van der Waals surface area contributed by atoms with Crippen LogP contribution in [0.5, 0.6) is 11.5 Å². The summed E-state index contributed by atoms with van der Waals surface area (Å²) in [5.74, 6) is 1.93. The minimum atomic E-state index is -1.21. The fraction of sp³-hybridized carbons (Fsp3) is 0.176. The van der Waals surface area contributed by atoms with E-state index in [9.17, 15) is 0 Å². The molecule has 0 fully saturated rings. The van der Waals surface area contributed by atoms with Gasteiger partial charge in [0.15, 0.2) is 0 Å². The van der Waals surface area contributed by atoms with Gasteiger partial charge in [-0.05, 0) is 183 Å².